The van der Waals surface area contributed by atoms with Crippen molar-refractivity contribution < 1.29 is 19.1 Å². The van der Waals surface area contributed by atoms with Crippen molar-refractivity contribution in [2.45, 2.75) is 6.92 Å². The van der Waals surface area contributed by atoms with Gasteiger partial charge in [0.15, 0.2) is 18.1 Å². The number of nitrogens with zero attached hydrogens (tertiary/aromatic N) is 1. The SMILES string of the molecule is COc1cc(/C=N/NC(=O)c2ccccc2)ccc1OCC(=O)Nc1ccccc1C. The minimum atomic E-state index is -0.302. The monoisotopic (exact) mass is 417 g/mol. The smallest absolute Gasteiger partial charge is 0.271 e. The third kappa shape index (κ3) is 6.17. The van der Waals surface area contributed by atoms with E-state index in [1.807, 2.05) is 37.3 Å². The Kier molecular flexibility index (Phi) is 7.37. The van der Waals surface area contributed by atoms with Crippen molar-refractivity contribution in [3.63, 3.8) is 0 Å². The Morgan fingerprint density at radius 1 is 0.968 bits per heavy atom. The average molecular weight is 417 g/mol. The zero-order chi connectivity index (χ0) is 22.1. The van der Waals surface area contributed by atoms with E-state index in [0.717, 1.165) is 11.3 Å². The molecule has 0 radical (unpaired) electrons. The summed E-state index contributed by atoms with van der Waals surface area (Å²) < 4.78 is 11.0. The molecule has 0 spiro atoms. The summed E-state index contributed by atoms with van der Waals surface area (Å²) in [5.74, 6) is 0.295. The number of methoxy groups -OCH3 is 1. The van der Waals surface area contributed by atoms with Gasteiger partial charge in [-0.15, -0.1) is 0 Å². The van der Waals surface area contributed by atoms with Gasteiger partial charge in [0.2, 0.25) is 0 Å². The van der Waals surface area contributed by atoms with Crippen molar-refractivity contribution in [2.75, 3.05) is 19.0 Å². The van der Waals surface area contributed by atoms with Crippen LogP contribution in [0.25, 0.3) is 0 Å². The molecule has 7 heteroatoms. The Hall–Kier alpha value is -4.13. The highest BCUT2D eigenvalue weighted by Crippen LogP contribution is 2.27. The van der Waals surface area contributed by atoms with Crippen molar-refractivity contribution in [3.8, 4) is 11.5 Å². The van der Waals surface area contributed by atoms with Crippen LogP contribution in [0.2, 0.25) is 0 Å². The van der Waals surface area contributed by atoms with Gasteiger partial charge >= 0.3 is 0 Å². The maximum atomic E-state index is 12.2. The van der Waals surface area contributed by atoms with Crippen LogP contribution >= 0.6 is 0 Å². The van der Waals surface area contributed by atoms with Gasteiger partial charge in [-0.05, 0) is 54.4 Å². The molecule has 0 aromatic heterocycles. The standard InChI is InChI=1S/C24H23N3O4/c1-17-8-6-7-11-20(17)26-23(28)16-31-21-13-12-18(14-22(21)30-2)15-25-27-24(29)19-9-4-3-5-10-19/h3-15H,16H2,1-2H3,(H,26,28)(H,27,29)/b25-15+. The maximum absolute atomic E-state index is 12.2. The first-order valence-electron chi connectivity index (χ1n) is 9.61. The number of hydrazone groups is 1. The molecule has 3 aromatic rings. The number of carbonyl (C=O) groups is 2. The number of rotatable bonds is 8. The molecule has 0 aliphatic heterocycles. The number of ether oxygens (including phenoxy) is 2. The lowest BCUT2D eigenvalue weighted by Gasteiger charge is -2.12. The summed E-state index contributed by atoms with van der Waals surface area (Å²) in [5, 5.41) is 6.78. The van der Waals surface area contributed by atoms with Crippen molar-refractivity contribution in [1.29, 1.82) is 0 Å². The summed E-state index contributed by atoms with van der Waals surface area (Å²) in [6.07, 6.45) is 1.50. The molecule has 0 bridgehead atoms. The Labute approximate surface area is 180 Å². The largest absolute Gasteiger partial charge is 0.493 e. The van der Waals surface area contributed by atoms with Gasteiger partial charge in [0.1, 0.15) is 0 Å². The molecule has 0 aliphatic carbocycles. The van der Waals surface area contributed by atoms with E-state index >= 15 is 0 Å². The number of anilines is 1. The number of benzene rings is 3. The number of amides is 2. The predicted molar refractivity (Wildman–Crippen MR) is 120 cm³/mol. The summed E-state index contributed by atoms with van der Waals surface area (Å²) in [7, 11) is 1.51. The van der Waals surface area contributed by atoms with Crippen LogP contribution in [0.15, 0.2) is 77.9 Å². The van der Waals surface area contributed by atoms with E-state index in [1.165, 1.54) is 13.3 Å². The van der Waals surface area contributed by atoms with Gasteiger partial charge in [0, 0.05) is 11.3 Å². The minimum Gasteiger partial charge on any atom is -0.493 e. The van der Waals surface area contributed by atoms with E-state index in [-0.39, 0.29) is 18.4 Å². The molecule has 0 saturated heterocycles. The molecular weight excluding hydrogens is 394 g/mol. The average Bonchev–Trinajstić information content (AvgIpc) is 2.80. The number of hydrogen-bond donors (Lipinski definition) is 2. The van der Waals surface area contributed by atoms with E-state index in [2.05, 4.69) is 15.8 Å². The Bertz CT molecular complexity index is 1080. The van der Waals surface area contributed by atoms with E-state index in [4.69, 9.17) is 9.47 Å². The van der Waals surface area contributed by atoms with Gasteiger partial charge in [-0.3, -0.25) is 9.59 Å². The molecule has 31 heavy (non-hydrogen) atoms. The fourth-order valence-corrected chi connectivity index (χ4v) is 2.75. The number of carbonyl (C=O) groups excluding carboxylic acids is 2. The van der Waals surface area contributed by atoms with E-state index in [9.17, 15) is 9.59 Å². The fourth-order valence-electron chi connectivity index (χ4n) is 2.75. The summed E-state index contributed by atoms with van der Waals surface area (Å²) in [5.41, 5.74) is 5.40. The van der Waals surface area contributed by atoms with E-state index in [1.54, 1.807) is 42.5 Å². The summed E-state index contributed by atoms with van der Waals surface area (Å²) in [4.78, 5) is 24.2. The molecule has 0 unspecified atom stereocenters. The molecule has 3 rings (SSSR count). The summed E-state index contributed by atoms with van der Waals surface area (Å²) in [6.45, 7) is 1.76. The summed E-state index contributed by atoms with van der Waals surface area (Å²) >= 11 is 0. The quantitative estimate of drug-likeness (QED) is 0.431. The normalized spacial score (nSPS) is 10.5. The van der Waals surface area contributed by atoms with Crippen LogP contribution in [0, 0.1) is 6.92 Å². The molecule has 0 atom stereocenters. The van der Waals surface area contributed by atoms with Gasteiger partial charge < -0.3 is 14.8 Å². The third-order valence-electron chi connectivity index (χ3n) is 4.38. The van der Waals surface area contributed by atoms with E-state index in [0.29, 0.717) is 22.6 Å². The van der Waals surface area contributed by atoms with Gasteiger partial charge in [0.05, 0.1) is 13.3 Å². The Balaban J connectivity index is 1.57. The maximum Gasteiger partial charge on any atom is 0.271 e. The molecule has 158 valence electrons. The van der Waals surface area contributed by atoms with Crippen LogP contribution in [0.3, 0.4) is 0 Å². The van der Waals surface area contributed by atoms with Crippen LogP contribution < -0.4 is 20.2 Å². The lowest BCUT2D eigenvalue weighted by Crippen LogP contribution is -2.20. The number of hydrogen-bond acceptors (Lipinski definition) is 5. The van der Waals surface area contributed by atoms with Crippen LogP contribution in [0.4, 0.5) is 5.69 Å². The highest BCUT2D eigenvalue weighted by molar-refractivity contribution is 5.95. The second-order valence-corrected chi connectivity index (χ2v) is 6.63. The van der Waals surface area contributed by atoms with Crippen LogP contribution in [-0.4, -0.2) is 31.7 Å². The van der Waals surface area contributed by atoms with Crippen molar-refractivity contribution in [1.82, 2.24) is 5.43 Å². The lowest BCUT2D eigenvalue weighted by atomic mass is 10.2. The molecule has 0 fully saturated rings. The zero-order valence-corrected chi connectivity index (χ0v) is 17.3. The molecular formula is C24H23N3O4. The highest BCUT2D eigenvalue weighted by atomic mass is 16.5. The first kappa shape index (κ1) is 21.6. The Morgan fingerprint density at radius 3 is 2.45 bits per heavy atom. The highest BCUT2D eigenvalue weighted by Gasteiger charge is 2.10. The van der Waals surface area contributed by atoms with Crippen molar-refractivity contribution in [3.05, 3.63) is 89.5 Å². The fraction of sp³-hybridized carbons (Fsp3) is 0.125. The lowest BCUT2D eigenvalue weighted by molar-refractivity contribution is -0.118. The summed E-state index contributed by atoms with van der Waals surface area (Å²) in [6, 6.07) is 21.4. The molecule has 3 aromatic carbocycles. The zero-order valence-electron chi connectivity index (χ0n) is 17.3. The van der Waals surface area contributed by atoms with Gasteiger partial charge in [-0.1, -0.05) is 36.4 Å². The first-order valence-corrected chi connectivity index (χ1v) is 9.61. The minimum absolute atomic E-state index is 0.161. The molecule has 0 heterocycles. The van der Waals surface area contributed by atoms with Crippen molar-refractivity contribution in [2.24, 2.45) is 5.10 Å². The number of para-hydroxylation sites is 1. The second kappa shape index (κ2) is 10.6. The molecule has 2 N–H and O–H groups in total. The van der Waals surface area contributed by atoms with Crippen LogP contribution in [-0.2, 0) is 4.79 Å². The van der Waals surface area contributed by atoms with E-state index < -0.39 is 0 Å². The molecule has 2 amide bonds. The van der Waals surface area contributed by atoms with Crippen molar-refractivity contribution >= 4 is 23.7 Å². The first-order chi connectivity index (χ1) is 15.1. The molecule has 0 aliphatic rings. The second-order valence-electron chi connectivity index (χ2n) is 6.63. The Morgan fingerprint density at radius 2 is 1.71 bits per heavy atom. The van der Waals surface area contributed by atoms with Gasteiger partial charge in [0.25, 0.3) is 11.8 Å². The number of aryl methyl sites for hydroxylation is 1. The van der Waals surface area contributed by atoms with Crippen LogP contribution in [0.5, 0.6) is 11.5 Å². The molecule has 7 nitrogen and oxygen atoms in total. The van der Waals surface area contributed by atoms with Crippen LogP contribution in [0.1, 0.15) is 21.5 Å². The third-order valence-corrected chi connectivity index (χ3v) is 4.38. The predicted octanol–water partition coefficient (Wildman–Crippen LogP) is 3.79. The topological polar surface area (TPSA) is 89.0 Å². The number of nitrogens with one attached hydrogen (secondary N) is 2. The van der Waals surface area contributed by atoms with Gasteiger partial charge in [-0.2, -0.15) is 5.10 Å². The molecule has 0 saturated carbocycles. The van der Waals surface area contributed by atoms with Gasteiger partial charge in [-0.25, -0.2) is 5.43 Å².